The van der Waals surface area contributed by atoms with Crippen molar-refractivity contribution in [3.8, 4) is 5.75 Å². The van der Waals surface area contributed by atoms with Gasteiger partial charge in [0.25, 0.3) is 0 Å². The van der Waals surface area contributed by atoms with Crippen LogP contribution in [0.3, 0.4) is 0 Å². The molecule has 1 aromatic carbocycles. The van der Waals surface area contributed by atoms with Crippen molar-refractivity contribution in [2.45, 2.75) is 31.7 Å². The van der Waals surface area contributed by atoms with E-state index in [1.54, 1.807) is 23.6 Å². The number of urea groups is 1. The lowest BCUT2D eigenvalue weighted by Gasteiger charge is -2.16. The lowest BCUT2D eigenvalue weighted by molar-refractivity contribution is 0.236. The van der Waals surface area contributed by atoms with Crippen LogP contribution in [-0.4, -0.2) is 22.7 Å². The quantitative estimate of drug-likeness (QED) is 0.811. The smallest absolute Gasteiger partial charge is 0.315 e. The number of fused-ring (bicyclic) bond motifs is 1. The molecule has 0 fully saturated rings. The van der Waals surface area contributed by atoms with Gasteiger partial charge in [-0.25, -0.2) is 9.78 Å². The number of carbonyl (C=O) groups excluding carboxylic acids is 1. The van der Waals surface area contributed by atoms with E-state index in [4.69, 9.17) is 0 Å². The zero-order valence-corrected chi connectivity index (χ0v) is 13.2. The third-order valence-electron chi connectivity index (χ3n) is 3.99. The number of rotatable bonds is 4. The Bertz CT molecular complexity index is 657. The van der Waals surface area contributed by atoms with Crippen molar-refractivity contribution in [1.29, 1.82) is 0 Å². The van der Waals surface area contributed by atoms with Crippen molar-refractivity contribution in [2.24, 2.45) is 0 Å². The summed E-state index contributed by atoms with van der Waals surface area (Å²) in [6.45, 7) is 2.60. The molecule has 1 aliphatic carbocycles. The summed E-state index contributed by atoms with van der Waals surface area (Å²) in [4.78, 5) is 16.3. The van der Waals surface area contributed by atoms with Crippen molar-refractivity contribution >= 4 is 17.4 Å². The first kappa shape index (κ1) is 14.8. The number of thiazole rings is 1. The van der Waals surface area contributed by atoms with Crippen LogP contribution in [0.5, 0.6) is 5.75 Å². The van der Waals surface area contributed by atoms with E-state index in [1.165, 1.54) is 0 Å². The van der Waals surface area contributed by atoms with E-state index in [9.17, 15) is 9.90 Å². The highest BCUT2D eigenvalue weighted by Crippen LogP contribution is 2.36. The molecule has 1 aromatic heterocycles. The van der Waals surface area contributed by atoms with Crippen LogP contribution in [0, 0.1) is 0 Å². The zero-order valence-electron chi connectivity index (χ0n) is 12.4. The highest BCUT2D eigenvalue weighted by Gasteiger charge is 2.25. The second-order valence-corrected chi connectivity index (χ2v) is 6.49. The first-order valence-electron chi connectivity index (χ1n) is 7.39. The first-order valence-corrected chi connectivity index (χ1v) is 8.27. The Morgan fingerprint density at radius 3 is 3.18 bits per heavy atom. The van der Waals surface area contributed by atoms with Crippen molar-refractivity contribution in [2.75, 3.05) is 6.54 Å². The van der Waals surface area contributed by atoms with E-state index in [-0.39, 0.29) is 18.0 Å². The van der Waals surface area contributed by atoms with Crippen LogP contribution in [0.4, 0.5) is 4.79 Å². The highest BCUT2D eigenvalue weighted by atomic mass is 32.1. The van der Waals surface area contributed by atoms with Gasteiger partial charge in [-0.15, -0.1) is 11.3 Å². The average molecular weight is 317 g/mol. The molecule has 116 valence electrons. The molecule has 1 aliphatic rings. The molecule has 0 aliphatic heterocycles. The fourth-order valence-corrected chi connectivity index (χ4v) is 3.50. The number of amides is 2. The zero-order chi connectivity index (χ0) is 15.5. The van der Waals surface area contributed by atoms with Crippen LogP contribution in [0.25, 0.3) is 0 Å². The number of aromatic nitrogens is 1. The minimum absolute atomic E-state index is 0.0303. The molecule has 5 nitrogen and oxygen atoms in total. The van der Waals surface area contributed by atoms with Crippen molar-refractivity contribution in [3.63, 3.8) is 0 Å². The number of phenolic OH excluding ortho intramolecular Hbond substituents is 1. The van der Waals surface area contributed by atoms with Crippen molar-refractivity contribution in [3.05, 3.63) is 45.9 Å². The molecule has 0 saturated carbocycles. The highest BCUT2D eigenvalue weighted by molar-refractivity contribution is 7.09. The lowest BCUT2D eigenvalue weighted by Crippen LogP contribution is -2.39. The van der Waals surface area contributed by atoms with E-state index in [0.717, 1.165) is 29.0 Å². The number of nitrogens with one attached hydrogen (secondary N) is 2. The molecule has 6 heteroatoms. The normalized spacial score (nSPS) is 17.8. The maximum absolute atomic E-state index is 12.1. The predicted molar refractivity (Wildman–Crippen MR) is 86.2 cm³/mol. The molecule has 2 amide bonds. The molecule has 0 spiro atoms. The second-order valence-electron chi connectivity index (χ2n) is 5.56. The Kier molecular flexibility index (Phi) is 4.29. The predicted octanol–water partition coefficient (Wildman–Crippen LogP) is 2.94. The van der Waals surface area contributed by atoms with Gasteiger partial charge in [-0.2, -0.15) is 0 Å². The largest absolute Gasteiger partial charge is 0.508 e. The SMILES string of the molecule is C[C@H](CNC(=O)N[C@H]1CCc2c(O)cccc21)c1nccs1. The van der Waals surface area contributed by atoms with Gasteiger partial charge in [-0.1, -0.05) is 19.1 Å². The number of hydrogen-bond donors (Lipinski definition) is 3. The fraction of sp³-hybridized carbons (Fsp3) is 0.375. The summed E-state index contributed by atoms with van der Waals surface area (Å²) in [5.41, 5.74) is 1.96. The molecule has 0 radical (unpaired) electrons. The molecule has 0 saturated heterocycles. The minimum atomic E-state index is -0.176. The molecule has 2 atom stereocenters. The average Bonchev–Trinajstić information content (AvgIpc) is 3.16. The second kappa shape index (κ2) is 6.36. The molecule has 3 rings (SSSR count). The first-order chi connectivity index (χ1) is 10.6. The Morgan fingerprint density at radius 2 is 2.41 bits per heavy atom. The maximum atomic E-state index is 12.1. The fourth-order valence-electron chi connectivity index (χ4n) is 2.81. The van der Waals surface area contributed by atoms with E-state index < -0.39 is 0 Å². The van der Waals surface area contributed by atoms with Crippen LogP contribution >= 0.6 is 11.3 Å². The van der Waals surface area contributed by atoms with E-state index in [1.807, 2.05) is 24.4 Å². The number of nitrogens with zero attached hydrogens (tertiary/aromatic N) is 1. The van der Waals surface area contributed by atoms with E-state index in [2.05, 4.69) is 15.6 Å². The van der Waals surface area contributed by atoms with E-state index in [0.29, 0.717) is 12.3 Å². The van der Waals surface area contributed by atoms with Gasteiger partial charge in [0.15, 0.2) is 0 Å². The number of carbonyl (C=O) groups is 1. The van der Waals surface area contributed by atoms with Crippen LogP contribution < -0.4 is 10.6 Å². The summed E-state index contributed by atoms with van der Waals surface area (Å²) < 4.78 is 0. The van der Waals surface area contributed by atoms with Gasteiger partial charge in [0.05, 0.1) is 11.0 Å². The summed E-state index contributed by atoms with van der Waals surface area (Å²) >= 11 is 1.60. The van der Waals surface area contributed by atoms with Crippen LogP contribution in [0.2, 0.25) is 0 Å². The summed E-state index contributed by atoms with van der Waals surface area (Å²) in [5.74, 6) is 0.519. The Labute approximate surface area is 133 Å². The van der Waals surface area contributed by atoms with Gasteiger partial charge >= 0.3 is 6.03 Å². The van der Waals surface area contributed by atoms with Crippen LogP contribution in [-0.2, 0) is 6.42 Å². The van der Waals surface area contributed by atoms with Gasteiger partial charge in [0.2, 0.25) is 0 Å². The monoisotopic (exact) mass is 317 g/mol. The number of hydrogen-bond acceptors (Lipinski definition) is 4. The molecule has 0 unspecified atom stereocenters. The van der Waals surface area contributed by atoms with Gasteiger partial charge in [-0.05, 0) is 30.0 Å². The lowest BCUT2D eigenvalue weighted by atomic mass is 10.1. The van der Waals surface area contributed by atoms with Gasteiger partial charge in [-0.3, -0.25) is 0 Å². The number of benzene rings is 1. The Morgan fingerprint density at radius 1 is 1.55 bits per heavy atom. The molecule has 1 heterocycles. The molecule has 0 bridgehead atoms. The summed E-state index contributed by atoms with van der Waals surface area (Å²) in [5, 5.41) is 18.7. The topological polar surface area (TPSA) is 74.2 Å². The Hall–Kier alpha value is -2.08. The van der Waals surface area contributed by atoms with Gasteiger partial charge < -0.3 is 15.7 Å². The van der Waals surface area contributed by atoms with Crippen molar-refractivity contribution in [1.82, 2.24) is 15.6 Å². The molecule has 3 N–H and O–H groups in total. The standard InChI is InChI=1S/C16H19N3O2S/c1-10(15-17-7-8-22-15)9-18-16(21)19-13-6-5-12-11(13)3-2-4-14(12)20/h2-4,7-8,10,13,20H,5-6,9H2,1H3,(H2,18,19,21)/t10-,13+/m1/s1. The maximum Gasteiger partial charge on any atom is 0.315 e. The summed E-state index contributed by atoms with van der Waals surface area (Å²) in [7, 11) is 0. The molecular formula is C16H19N3O2S. The van der Waals surface area contributed by atoms with E-state index >= 15 is 0 Å². The molecule has 22 heavy (non-hydrogen) atoms. The number of aromatic hydroxyl groups is 1. The van der Waals surface area contributed by atoms with Crippen molar-refractivity contribution < 1.29 is 9.90 Å². The summed E-state index contributed by atoms with van der Waals surface area (Å²) in [6.07, 6.45) is 3.39. The minimum Gasteiger partial charge on any atom is -0.508 e. The summed E-state index contributed by atoms with van der Waals surface area (Å²) in [6, 6.07) is 5.26. The number of phenols is 1. The van der Waals surface area contributed by atoms with Gasteiger partial charge in [0, 0.05) is 24.0 Å². The van der Waals surface area contributed by atoms with Gasteiger partial charge in [0.1, 0.15) is 5.75 Å². The van der Waals surface area contributed by atoms with Crippen LogP contribution in [0.15, 0.2) is 29.8 Å². The molecular weight excluding hydrogens is 298 g/mol. The third-order valence-corrected chi connectivity index (χ3v) is 5.00. The van der Waals surface area contributed by atoms with Crippen LogP contribution in [0.1, 0.15) is 41.4 Å². The third kappa shape index (κ3) is 3.06. The Balaban J connectivity index is 1.54. The molecule has 2 aromatic rings.